The second-order valence-corrected chi connectivity index (χ2v) is 4.18. The lowest BCUT2D eigenvalue weighted by Crippen LogP contribution is -2.34. The van der Waals surface area contributed by atoms with E-state index in [1.165, 1.54) is 18.2 Å². The van der Waals surface area contributed by atoms with Crippen LogP contribution in [0.25, 0.3) is 0 Å². The van der Waals surface area contributed by atoms with E-state index >= 15 is 0 Å². The highest BCUT2D eigenvalue weighted by Crippen LogP contribution is 2.28. The summed E-state index contributed by atoms with van der Waals surface area (Å²) in [5.41, 5.74) is -0.0557. The Hall–Kier alpha value is -1.75. The molecule has 0 saturated carbocycles. The molecule has 0 fully saturated rings. The van der Waals surface area contributed by atoms with Crippen molar-refractivity contribution in [2.45, 2.75) is 13.8 Å². The van der Waals surface area contributed by atoms with E-state index < -0.39 is 5.97 Å². The van der Waals surface area contributed by atoms with Gasteiger partial charge in [0.25, 0.3) is 5.91 Å². The first kappa shape index (κ1) is 15.3. The third-order valence-electron chi connectivity index (χ3n) is 2.65. The number of amides is 1. The highest BCUT2D eigenvalue weighted by Gasteiger charge is 2.17. The molecule has 1 amide bonds. The number of nitrogens with zero attached hydrogens (tertiary/aromatic N) is 1. The third kappa shape index (κ3) is 3.86. The molecule has 0 radical (unpaired) electrons. The molecule has 1 aromatic carbocycles. The minimum absolute atomic E-state index is 0.0252. The molecule has 1 rings (SSSR count). The summed E-state index contributed by atoms with van der Waals surface area (Å²) in [4.78, 5) is 24.4. The highest BCUT2D eigenvalue weighted by molar-refractivity contribution is 6.32. The van der Waals surface area contributed by atoms with Crippen LogP contribution in [0.3, 0.4) is 0 Å². The number of halogens is 1. The van der Waals surface area contributed by atoms with Crippen LogP contribution in [0, 0.1) is 0 Å². The van der Waals surface area contributed by atoms with Gasteiger partial charge in [0.15, 0.2) is 12.4 Å². The van der Waals surface area contributed by atoms with E-state index in [0.717, 1.165) is 0 Å². The molecule has 104 valence electrons. The molecule has 0 aliphatic heterocycles. The molecular weight excluding hydrogens is 270 g/mol. The van der Waals surface area contributed by atoms with Gasteiger partial charge in [-0.05, 0) is 26.0 Å². The SMILES string of the molecule is CCN(CC)C(=O)COc1c(Cl)cccc1C(=O)O. The van der Waals surface area contributed by atoms with Gasteiger partial charge in [0, 0.05) is 13.1 Å². The predicted octanol–water partition coefficient (Wildman–Crippen LogP) is 2.29. The maximum atomic E-state index is 11.8. The molecule has 0 unspecified atom stereocenters. The first-order chi connectivity index (χ1) is 9.01. The standard InChI is InChI=1S/C13H16ClNO4/c1-3-15(4-2)11(16)8-19-12-9(13(17)18)6-5-7-10(12)14/h5-7H,3-4,8H2,1-2H3,(H,17,18). The van der Waals surface area contributed by atoms with Crippen LogP contribution < -0.4 is 4.74 Å². The van der Waals surface area contributed by atoms with Crippen molar-refractivity contribution in [3.05, 3.63) is 28.8 Å². The first-order valence-electron chi connectivity index (χ1n) is 5.93. The molecule has 5 nitrogen and oxygen atoms in total. The molecule has 0 atom stereocenters. The van der Waals surface area contributed by atoms with Crippen LogP contribution in [0.5, 0.6) is 5.75 Å². The maximum absolute atomic E-state index is 11.8. The molecule has 19 heavy (non-hydrogen) atoms. The molecule has 0 aliphatic rings. The zero-order valence-electron chi connectivity index (χ0n) is 10.9. The smallest absolute Gasteiger partial charge is 0.339 e. The number of aromatic carboxylic acids is 1. The molecule has 6 heteroatoms. The summed E-state index contributed by atoms with van der Waals surface area (Å²) >= 11 is 5.89. The summed E-state index contributed by atoms with van der Waals surface area (Å²) < 4.78 is 5.27. The van der Waals surface area contributed by atoms with Crippen LogP contribution in [-0.2, 0) is 4.79 Å². The van der Waals surface area contributed by atoms with Crippen molar-refractivity contribution in [3.8, 4) is 5.75 Å². The van der Waals surface area contributed by atoms with Gasteiger partial charge in [0.1, 0.15) is 5.56 Å². The summed E-state index contributed by atoms with van der Waals surface area (Å²) in [5, 5.41) is 9.20. The number of carbonyl (C=O) groups is 2. The molecule has 0 aliphatic carbocycles. The normalized spacial score (nSPS) is 10.1. The fraction of sp³-hybridized carbons (Fsp3) is 0.385. The van der Waals surface area contributed by atoms with Crippen molar-refractivity contribution in [1.29, 1.82) is 0 Å². The van der Waals surface area contributed by atoms with Crippen LogP contribution in [0.2, 0.25) is 5.02 Å². The summed E-state index contributed by atoms with van der Waals surface area (Å²) in [6.45, 7) is 4.64. The Morgan fingerprint density at radius 3 is 2.47 bits per heavy atom. The predicted molar refractivity (Wildman–Crippen MR) is 71.8 cm³/mol. The number of para-hydroxylation sites is 1. The van der Waals surface area contributed by atoms with Crippen LogP contribution in [0.15, 0.2) is 18.2 Å². The molecule has 1 N–H and O–H groups in total. The Morgan fingerprint density at radius 1 is 1.32 bits per heavy atom. The lowest BCUT2D eigenvalue weighted by Gasteiger charge is -2.19. The second kappa shape index (κ2) is 6.99. The Morgan fingerprint density at radius 2 is 1.95 bits per heavy atom. The number of rotatable bonds is 6. The van der Waals surface area contributed by atoms with Crippen molar-refractivity contribution in [2.75, 3.05) is 19.7 Å². The summed E-state index contributed by atoms with van der Waals surface area (Å²) in [6.07, 6.45) is 0. The van der Waals surface area contributed by atoms with Gasteiger partial charge >= 0.3 is 5.97 Å². The fourth-order valence-corrected chi connectivity index (χ4v) is 1.85. The van der Waals surface area contributed by atoms with E-state index in [-0.39, 0.29) is 28.8 Å². The van der Waals surface area contributed by atoms with Gasteiger partial charge in [-0.25, -0.2) is 4.79 Å². The lowest BCUT2D eigenvalue weighted by atomic mass is 10.2. The average molecular weight is 286 g/mol. The van der Waals surface area contributed by atoms with E-state index in [0.29, 0.717) is 13.1 Å². The van der Waals surface area contributed by atoms with Crippen molar-refractivity contribution >= 4 is 23.5 Å². The molecule has 0 aromatic heterocycles. The van der Waals surface area contributed by atoms with Gasteiger partial charge < -0.3 is 14.7 Å². The van der Waals surface area contributed by atoms with Gasteiger partial charge in [0.05, 0.1) is 5.02 Å². The molecule has 0 spiro atoms. The molecule has 0 saturated heterocycles. The van der Waals surface area contributed by atoms with E-state index in [1.54, 1.807) is 4.90 Å². The van der Waals surface area contributed by atoms with Crippen molar-refractivity contribution in [3.63, 3.8) is 0 Å². The summed E-state index contributed by atoms with van der Waals surface area (Å²) in [6, 6.07) is 4.42. The Bertz CT molecular complexity index is 472. The second-order valence-electron chi connectivity index (χ2n) is 3.78. The number of hydrogen-bond acceptors (Lipinski definition) is 3. The largest absolute Gasteiger partial charge is 0.481 e. The number of carbonyl (C=O) groups excluding carboxylic acids is 1. The first-order valence-corrected chi connectivity index (χ1v) is 6.31. The Balaban J connectivity index is 2.83. The van der Waals surface area contributed by atoms with Crippen molar-refractivity contribution in [1.82, 2.24) is 4.90 Å². The minimum atomic E-state index is -1.15. The number of ether oxygens (including phenoxy) is 1. The van der Waals surface area contributed by atoms with Crippen LogP contribution in [0.4, 0.5) is 0 Å². The lowest BCUT2D eigenvalue weighted by molar-refractivity contribution is -0.132. The van der Waals surface area contributed by atoms with Crippen LogP contribution >= 0.6 is 11.6 Å². The van der Waals surface area contributed by atoms with Gasteiger partial charge in [-0.2, -0.15) is 0 Å². The van der Waals surface area contributed by atoms with E-state index in [9.17, 15) is 9.59 Å². The summed E-state index contributed by atoms with van der Waals surface area (Å²) in [5.74, 6) is -1.33. The van der Waals surface area contributed by atoms with Gasteiger partial charge in [0.2, 0.25) is 0 Å². The number of carboxylic acid groups (broad SMARTS) is 1. The molecular formula is C13H16ClNO4. The zero-order chi connectivity index (χ0) is 14.4. The highest BCUT2D eigenvalue weighted by atomic mass is 35.5. The van der Waals surface area contributed by atoms with Gasteiger partial charge in [-0.15, -0.1) is 0 Å². The quantitative estimate of drug-likeness (QED) is 0.871. The average Bonchev–Trinajstić information content (AvgIpc) is 2.38. The summed E-state index contributed by atoms with van der Waals surface area (Å²) in [7, 11) is 0. The van der Waals surface area contributed by atoms with Gasteiger partial charge in [-0.1, -0.05) is 17.7 Å². The number of likely N-dealkylation sites (N-methyl/N-ethyl adjacent to an activating group) is 1. The molecule has 0 bridgehead atoms. The monoisotopic (exact) mass is 285 g/mol. The van der Waals surface area contributed by atoms with Crippen molar-refractivity contribution < 1.29 is 19.4 Å². The molecule has 0 heterocycles. The van der Waals surface area contributed by atoms with E-state index in [1.807, 2.05) is 13.8 Å². The van der Waals surface area contributed by atoms with Gasteiger partial charge in [-0.3, -0.25) is 4.79 Å². The van der Waals surface area contributed by atoms with Crippen LogP contribution in [0.1, 0.15) is 24.2 Å². The Kier molecular flexibility index (Phi) is 5.63. The number of benzene rings is 1. The number of hydrogen-bond donors (Lipinski definition) is 1. The van der Waals surface area contributed by atoms with Crippen molar-refractivity contribution in [2.24, 2.45) is 0 Å². The van der Waals surface area contributed by atoms with E-state index in [2.05, 4.69) is 0 Å². The number of carboxylic acids is 1. The third-order valence-corrected chi connectivity index (χ3v) is 2.95. The zero-order valence-corrected chi connectivity index (χ0v) is 11.6. The fourth-order valence-electron chi connectivity index (χ4n) is 1.63. The Labute approximate surface area is 116 Å². The molecule has 1 aromatic rings. The van der Waals surface area contributed by atoms with Crippen LogP contribution in [-0.4, -0.2) is 41.6 Å². The maximum Gasteiger partial charge on any atom is 0.339 e. The van der Waals surface area contributed by atoms with E-state index in [4.69, 9.17) is 21.4 Å². The minimum Gasteiger partial charge on any atom is -0.481 e. The topological polar surface area (TPSA) is 66.8 Å².